The molecule has 2 heterocycles. The molecule has 0 radical (unpaired) electrons. The van der Waals surface area contributed by atoms with E-state index in [2.05, 4.69) is 15.3 Å². The van der Waals surface area contributed by atoms with Gasteiger partial charge in [0.25, 0.3) is 0 Å². The monoisotopic (exact) mass is 335 g/mol. The predicted octanol–water partition coefficient (Wildman–Crippen LogP) is 3.73. The number of Topliss-reactive ketones (excluding diaryl/α,β-unsaturated/α-hetero) is 1. The fraction of sp³-hybridized carbons (Fsp3) is 0.211. The van der Waals surface area contributed by atoms with Crippen molar-refractivity contribution in [3.05, 3.63) is 65.9 Å². The van der Waals surface area contributed by atoms with Crippen LogP contribution in [0.15, 0.2) is 53.3 Å². The SMILES string of the molecule is COc1ccc(Nc2ncc3c(n2)CC(c2ccco2)CC3=O)cc1. The number of furan rings is 1. The second-order valence-corrected chi connectivity index (χ2v) is 5.95. The zero-order valence-corrected chi connectivity index (χ0v) is 13.7. The van der Waals surface area contributed by atoms with E-state index in [-0.39, 0.29) is 11.7 Å². The standard InChI is InChI=1S/C19H17N3O3/c1-24-14-6-4-13(5-7-14)21-19-20-11-15-16(22-19)9-12(10-17(15)23)18-3-2-8-25-18/h2-8,11-12H,9-10H2,1H3,(H,20,21,22). The summed E-state index contributed by atoms with van der Waals surface area (Å²) in [5, 5.41) is 3.16. The summed E-state index contributed by atoms with van der Waals surface area (Å²) in [5.74, 6) is 2.15. The van der Waals surface area contributed by atoms with Gasteiger partial charge in [0.1, 0.15) is 11.5 Å². The summed E-state index contributed by atoms with van der Waals surface area (Å²) >= 11 is 0. The molecule has 1 atom stereocenters. The Morgan fingerprint density at radius 2 is 2.04 bits per heavy atom. The van der Waals surface area contributed by atoms with Crippen LogP contribution in [0.1, 0.15) is 34.2 Å². The van der Waals surface area contributed by atoms with Gasteiger partial charge in [-0.3, -0.25) is 4.79 Å². The normalized spacial score (nSPS) is 16.4. The molecule has 1 aliphatic carbocycles. The first-order valence-electron chi connectivity index (χ1n) is 8.06. The number of hydrogen-bond donors (Lipinski definition) is 1. The second-order valence-electron chi connectivity index (χ2n) is 5.95. The zero-order chi connectivity index (χ0) is 17.2. The topological polar surface area (TPSA) is 77.2 Å². The number of rotatable bonds is 4. The highest BCUT2D eigenvalue weighted by Crippen LogP contribution is 2.32. The van der Waals surface area contributed by atoms with Crippen LogP contribution < -0.4 is 10.1 Å². The molecule has 25 heavy (non-hydrogen) atoms. The van der Waals surface area contributed by atoms with Gasteiger partial charge in [-0.1, -0.05) is 0 Å². The van der Waals surface area contributed by atoms with Crippen LogP contribution in [0, 0.1) is 0 Å². The number of aromatic nitrogens is 2. The Morgan fingerprint density at radius 3 is 2.76 bits per heavy atom. The van der Waals surface area contributed by atoms with Crippen LogP contribution in [0.25, 0.3) is 0 Å². The molecular weight excluding hydrogens is 318 g/mol. The summed E-state index contributed by atoms with van der Waals surface area (Å²) in [5.41, 5.74) is 2.21. The van der Waals surface area contributed by atoms with E-state index in [1.54, 1.807) is 19.6 Å². The number of nitrogens with one attached hydrogen (secondary N) is 1. The van der Waals surface area contributed by atoms with E-state index in [0.29, 0.717) is 24.4 Å². The minimum atomic E-state index is 0.0266. The van der Waals surface area contributed by atoms with Gasteiger partial charge in [-0.2, -0.15) is 0 Å². The van der Waals surface area contributed by atoms with Crippen molar-refractivity contribution in [1.82, 2.24) is 9.97 Å². The van der Waals surface area contributed by atoms with Crippen LogP contribution in [0.5, 0.6) is 5.75 Å². The van der Waals surface area contributed by atoms with Crippen molar-refractivity contribution in [2.24, 2.45) is 0 Å². The van der Waals surface area contributed by atoms with Gasteiger partial charge >= 0.3 is 0 Å². The maximum atomic E-state index is 12.4. The first-order valence-corrected chi connectivity index (χ1v) is 8.06. The molecule has 1 aromatic carbocycles. The number of anilines is 2. The maximum absolute atomic E-state index is 12.4. The Kier molecular flexibility index (Phi) is 3.93. The van der Waals surface area contributed by atoms with Gasteiger partial charge < -0.3 is 14.5 Å². The largest absolute Gasteiger partial charge is 0.497 e. The van der Waals surface area contributed by atoms with Gasteiger partial charge in [0.2, 0.25) is 5.95 Å². The lowest BCUT2D eigenvalue weighted by Crippen LogP contribution is -2.20. The van der Waals surface area contributed by atoms with E-state index in [4.69, 9.17) is 9.15 Å². The third-order valence-corrected chi connectivity index (χ3v) is 4.33. The number of carbonyl (C=O) groups excluding carboxylic acids is 1. The molecule has 1 aliphatic rings. The molecule has 2 aromatic heterocycles. The lowest BCUT2D eigenvalue weighted by molar-refractivity contribution is 0.0958. The summed E-state index contributed by atoms with van der Waals surface area (Å²) in [6, 6.07) is 11.2. The number of hydrogen-bond acceptors (Lipinski definition) is 6. The van der Waals surface area contributed by atoms with Crippen LogP contribution in [0.4, 0.5) is 11.6 Å². The maximum Gasteiger partial charge on any atom is 0.227 e. The minimum absolute atomic E-state index is 0.0266. The highest BCUT2D eigenvalue weighted by Gasteiger charge is 2.29. The molecule has 4 rings (SSSR count). The van der Waals surface area contributed by atoms with Crippen molar-refractivity contribution in [3.8, 4) is 5.75 Å². The van der Waals surface area contributed by atoms with Gasteiger partial charge in [-0.25, -0.2) is 9.97 Å². The summed E-state index contributed by atoms with van der Waals surface area (Å²) in [6.45, 7) is 0. The number of ether oxygens (including phenoxy) is 1. The Bertz CT molecular complexity index is 889. The molecule has 6 nitrogen and oxygen atoms in total. The highest BCUT2D eigenvalue weighted by atomic mass is 16.5. The number of benzene rings is 1. The summed E-state index contributed by atoms with van der Waals surface area (Å²) < 4.78 is 10.6. The van der Waals surface area contributed by atoms with Gasteiger partial charge in [0, 0.05) is 30.6 Å². The summed E-state index contributed by atoms with van der Waals surface area (Å²) in [7, 11) is 1.63. The molecule has 0 bridgehead atoms. The molecule has 1 unspecified atom stereocenters. The van der Waals surface area contributed by atoms with Crippen LogP contribution in [-0.2, 0) is 6.42 Å². The smallest absolute Gasteiger partial charge is 0.227 e. The Hall–Kier alpha value is -3.15. The molecule has 1 N–H and O–H groups in total. The zero-order valence-electron chi connectivity index (χ0n) is 13.7. The van der Waals surface area contributed by atoms with E-state index in [9.17, 15) is 4.79 Å². The minimum Gasteiger partial charge on any atom is -0.497 e. The third kappa shape index (κ3) is 3.10. The molecule has 0 spiro atoms. The van der Waals surface area contributed by atoms with Crippen LogP contribution in [0.2, 0.25) is 0 Å². The van der Waals surface area contributed by atoms with Crippen molar-refractivity contribution in [3.63, 3.8) is 0 Å². The van der Waals surface area contributed by atoms with E-state index < -0.39 is 0 Å². The Balaban J connectivity index is 1.58. The molecule has 0 amide bonds. The molecule has 6 heteroatoms. The number of ketones is 1. The fourth-order valence-electron chi connectivity index (χ4n) is 3.03. The lowest BCUT2D eigenvalue weighted by atomic mass is 9.85. The number of fused-ring (bicyclic) bond motifs is 1. The van der Waals surface area contributed by atoms with E-state index in [1.165, 1.54) is 0 Å². The average molecular weight is 335 g/mol. The number of nitrogens with zero attached hydrogens (tertiary/aromatic N) is 2. The van der Waals surface area contributed by atoms with E-state index >= 15 is 0 Å². The average Bonchev–Trinajstić information content (AvgIpc) is 3.17. The van der Waals surface area contributed by atoms with Crippen molar-refractivity contribution < 1.29 is 13.9 Å². The number of carbonyl (C=O) groups is 1. The first-order chi connectivity index (χ1) is 12.2. The van der Waals surface area contributed by atoms with Gasteiger partial charge in [-0.05, 0) is 36.4 Å². The van der Waals surface area contributed by atoms with Crippen LogP contribution in [0.3, 0.4) is 0 Å². The van der Waals surface area contributed by atoms with E-state index in [0.717, 1.165) is 22.9 Å². The third-order valence-electron chi connectivity index (χ3n) is 4.33. The summed E-state index contributed by atoms with van der Waals surface area (Å²) in [4.78, 5) is 21.2. The van der Waals surface area contributed by atoms with Gasteiger partial charge in [0.05, 0.1) is 24.6 Å². The van der Waals surface area contributed by atoms with Crippen molar-refractivity contribution in [2.45, 2.75) is 18.8 Å². The second kappa shape index (κ2) is 6.39. The van der Waals surface area contributed by atoms with Gasteiger partial charge in [-0.15, -0.1) is 0 Å². The molecule has 0 fully saturated rings. The molecule has 126 valence electrons. The van der Waals surface area contributed by atoms with E-state index in [1.807, 2.05) is 36.4 Å². The summed E-state index contributed by atoms with van der Waals surface area (Å²) in [6.07, 6.45) is 4.32. The van der Waals surface area contributed by atoms with Crippen LogP contribution in [-0.4, -0.2) is 22.9 Å². The number of methoxy groups -OCH3 is 1. The quantitative estimate of drug-likeness (QED) is 0.783. The van der Waals surface area contributed by atoms with Crippen molar-refractivity contribution >= 4 is 17.4 Å². The predicted molar refractivity (Wildman–Crippen MR) is 92.4 cm³/mol. The molecule has 0 aliphatic heterocycles. The molecule has 3 aromatic rings. The Labute approximate surface area is 144 Å². The van der Waals surface area contributed by atoms with Crippen molar-refractivity contribution in [2.75, 3.05) is 12.4 Å². The Morgan fingerprint density at radius 1 is 1.20 bits per heavy atom. The van der Waals surface area contributed by atoms with Crippen molar-refractivity contribution in [1.29, 1.82) is 0 Å². The molecular formula is C19H17N3O3. The molecule has 0 saturated heterocycles. The van der Waals surface area contributed by atoms with Gasteiger partial charge in [0.15, 0.2) is 5.78 Å². The molecule has 0 saturated carbocycles. The first kappa shape index (κ1) is 15.4. The van der Waals surface area contributed by atoms with Crippen LogP contribution >= 0.6 is 0 Å². The fourth-order valence-corrected chi connectivity index (χ4v) is 3.03. The lowest BCUT2D eigenvalue weighted by Gasteiger charge is -2.21. The highest BCUT2D eigenvalue weighted by molar-refractivity contribution is 5.98.